The molecule has 0 aromatic rings. The summed E-state index contributed by atoms with van der Waals surface area (Å²) in [6, 6.07) is 0.0653. The van der Waals surface area contributed by atoms with Crippen LogP contribution in [0.25, 0.3) is 0 Å². The lowest BCUT2D eigenvalue weighted by Gasteiger charge is -2.49. The van der Waals surface area contributed by atoms with Crippen molar-refractivity contribution in [1.82, 2.24) is 10.7 Å². The van der Waals surface area contributed by atoms with E-state index in [1.807, 2.05) is 0 Å². The van der Waals surface area contributed by atoms with Gasteiger partial charge in [-0.05, 0) is 42.8 Å². The molecule has 27 heavy (non-hydrogen) atoms. The van der Waals surface area contributed by atoms with Gasteiger partial charge in [-0.3, -0.25) is 9.68 Å². The average Bonchev–Trinajstić information content (AvgIpc) is 3.45. The molecule has 154 valence electrons. The Morgan fingerprint density at radius 3 is 2.41 bits per heavy atom. The molecule has 0 radical (unpaired) electrons. The van der Waals surface area contributed by atoms with E-state index in [2.05, 4.69) is 5.48 Å². The number of epoxide rings is 1. The van der Waals surface area contributed by atoms with Gasteiger partial charge in [0, 0.05) is 12.5 Å². The fourth-order valence-electron chi connectivity index (χ4n) is 4.26. The van der Waals surface area contributed by atoms with E-state index in [-0.39, 0.29) is 37.5 Å². The number of rotatable bonds is 7. The molecule has 4 saturated heterocycles. The van der Waals surface area contributed by atoms with Crippen LogP contribution in [0.4, 0.5) is 0 Å². The monoisotopic (exact) mass is 390 g/mol. The first-order valence-electron chi connectivity index (χ1n) is 9.69. The van der Waals surface area contributed by atoms with Gasteiger partial charge >= 0.3 is 0 Å². The van der Waals surface area contributed by atoms with Crippen molar-refractivity contribution in [3.05, 3.63) is 10.4 Å². The molecule has 6 fully saturated rings. The Labute approximate surface area is 156 Å². The first-order chi connectivity index (χ1) is 13.2. The molecule has 8 atom stereocenters. The Morgan fingerprint density at radius 1 is 0.889 bits per heavy atom. The fraction of sp³-hybridized carbons (Fsp3) is 1.00. The molecule has 2 bridgehead atoms. The maximum Gasteiger partial charge on any atom is 0.174 e. The molecule has 6 aliphatic rings. The third-order valence-corrected chi connectivity index (χ3v) is 5.88. The van der Waals surface area contributed by atoms with Crippen LogP contribution in [0.1, 0.15) is 38.5 Å². The fourth-order valence-corrected chi connectivity index (χ4v) is 4.26. The van der Waals surface area contributed by atoms with Crippen molar-refractivity contribution in [2.75, 3.05) is 13.2 Å². The molecule has 2 saturated carbocycles. The van der Waals surface area contributed by atoms with Crippen LogP contribution < -0.4 is 16.2 Å². The highest BCUT2D eigenvalue weighted by atomic mass is 17.1. The third kappa shape index (κ3) is 4.12. The van der Waals surface area contributed by atoms with E-state index >= 15 is 0 Å². The lowest BCUT2D eigenvalue weighted by atomic mass is 9.85. The summed E-state index contributed by atoms with van der Waals surface area (Å²) in [5, 5.41) is 23.0. The maximum atomic E-state index is 11.9. The van der Waals surface area contributed by atoms with Gasteiger partial charge in [-0.1, -0.05) is 10.2 Å². The summed E-state index contributed by atoms with van der Waals surface area (Å²) in [4.78, 5) is 21.1. The van der Waals surface area contributed by atoms with E-state index in [1.54, 1.807) is 0 Å². The van der Waals surface area contributed by atoms with Crippen LogP contribution in [-0.4, -0.2) is 61.0 Å². The minimum Gasteiger partial charge on any atom is -0.546 e. The first kappa shape index (κ1) is 18.5. The van der Waals surface area contributed by atoms with E-state index in [1.165, 1.54) is 5.23 Å². The Kier molecular flexibility index (Phi) is 5.32. The number of nitrogens with one attached hydrogen (secondary N) is 3. The van der Waals surface area contributed by atoms with Crippen LogP contribution in [0.2, 0.25) is 0 Å². The molecule has 6 rings (SSSR count). The van der Waals surface area contributed by atoms with Gasteiger partial charge in [0.05, 0.1) is 30.5 Å². The van der Waals surface area contributed by atoms with Gasteiger partial charge < -0.3 is 19.9 Å². The largest absolute Gasteiger partial charge is 0.546 e. The van der Waals surface area contributed by atoms with Crippen LogP contribution in [0.3, 0.4) is 0 Å². The number of fused-ring (bicyclic) bond motifs is 3. The van der Waals surface area contributed by atoms with Gasteiger partial charge in [0.1, 0.15) is 13.2 Å². The van der Waals surface area contributed by atoms with E-state index < -0.39 is 16.8 Å². The Bertz CT molecular complexity index is 515. The Morgan fingerprint density at radius 2 is 1.70 bits per heavy atom. The minimum absolute atomic E-state index is 0.00391. The number of ether oxygens (including phenoxy) is 2. The molecular weight excluding hydrogens is 364 g/mol. The molecule has 0 aromatic carbocycles. The molecule has 12 heteroatoms. The van der Waals surface area contributed by atoms with E-state index in [4.69, 9.17) is 28.9 Å². The molecule has 4 heterocycles. The van der Waals surface area contributed by atoms with Gasteiger partial charge in [-0.2, -0.15) is 0 Å². The predicted octanol–water partition coefficient (Wildman–Crippen LogP) is -2.78. The SMILES string of the molecule is [O-][NH+](ONC1CCC2OC2C1)[NH+]([O-])OC1CON(C2CCC3CC2O3)OC1. The zero-order valence-corrected chi connectivity index (χ0v) is 14.9. The Hall–Kier alpha value is -0.480. The molecule has 8 unspecified atom stereocenters. The average molecular weight is 390 g/mol. The van der Waals surface area contributed by atoms with Crippen LogP contribution in [0, 0.1) is 10.4 Å². The predicted molar refractivity (Wildman–Crippen MR) is 84.1 cm³/mol. The van der Waals surface area contributed by atoms with E-state index in [9.17, 15) is 10.4 Å². The van der Waals surface area contributed by atoms with Crippen LogP contribution in [0.5, 0.6) is 0 Å². The molecular formula is C15H26N4O8. The van der Waals surface area contributed by atoms with Gasteiger partial charge in [0.25, 0.3) is 0 Å². The van der Waals surface area contributed by atoms with E-state index in [0.717, 1.165) is 38.5 Å². The van der Waals surface area contributed by atoms with Crippen molar-refractivity contribution >= 4 is 0 Å². The van der Waals surface area contributed by atoms with Crippen molar-refractivity contribution in [3.8, 4) is 0 Å². The standard InChI is InChI=1S/C15H26N4O8/c20-18(19(21)27-16-9-1-4-13-15(5-9)25-13)26-11-7-22-17(23-8-11)12-3-2-10-6-14(12)24-10/h9-16,18-19H,1-8H2. The number of quaternary nitrogens is 2. The van der Waals surface area contributed by atoms with Crippen LogP contribution in [0.15, 0.2) is 0 Å². The summed E-state index contributed by atoms with van der Waals surface area (Å²) in [6.45, 7) is 0.254. The zero-order valence-electron chi connectivity index (χ0n) is 14.9. The molecule has 0 spiro atoms. The van der Waals surface area contributed by atoms with Crippen molar-refractivity contribution in [2.45, 2.75) is 81.1 Å². The molecule has 3 N–H and O–H groups in total. The van der Waals surface area contributed by atoms with Crippen LogP contribution >= 0.6 is 0 Å². The van der Waals surface area contributed by atoms with Gasteiger partial charge in [0.2, 0.25) is 0 Å². The Balaban J connectivity index is 1.00. The zero-order chi connectivity index (χ0) is 18.4. The summed E-state index contributed by atoms with van der Waals surface area (Å²) in [5.74, 6) is 0. The molecule has 2 aliphatic carbocycles. The second kappa shape index (κ2) is 7.74. The molecule has 0 aromatic heterocycles. The number of hydrogen-bond donors (Lipinski definition) is 3. The van der Waals surface area contributed by atoms with E-state index in [0.29, 0.717) is 12.2 Å². The van der Waals surface area contributed by atoms with Gasteiger partial charge in [-0.15, -0.1) is 10.3 Å². The summed E-state index contributed by atoms with van der Waals surface area (Å²) >= 11 is 0. The highest BCUT2D eigenvalue weighted by Gasteiger charge is 2.47. The van der Waals surface area contributed by atoms with Crippen molar-refractivity contribution in [1.29, 1.82) is 0 Å². The molecule has 12 nitrogen and oxygen atoms in total. The topological polar surface area (TPSA) is 129 Å². The second-order valence-electron chi connectivity index (χ2n) is 7.81. The third-order valence-electron chi connectivity index (χ3n) is 5.88. The highest BCUT2D eigenvalue weighted by molar-refractivity contribution is 4.93. The lowest BCUT2D eigenvalue weighted by Crippen LogP contribution is -3.55. The number of nitrogens with zero attached hydrogens (tertiary/aromatic N) is 1. The lowest BCUT2D eigenvalue weighted by molar-refractivity contribution is -1.61. The number of hydrogen-bond acceptors (Lipinski definition) is 10. The van der Waals surface area contributed by atoms with Crippen molar-refractivity contribution in [2.24, 2.45) is 0 Å². The first-order valence-corrected chi connectivity index (χ1v) is 9.69. The van der Waals surface area contributed by atoms with Gasteiger partial charge in [0.15, 0.2) is 6.10 Å². The summed E-state index contributed by atoms with van der Waals surface area (Å²) in [5.41, 5.74) is 2.64. The molecule has 4 aliphatic heterocycles. The molecule has 0 amide bonds. The highest BCUT2D eigenvalue weighted by Crippen LogP contribution is 2.38. The maximum absolute atomic E-state index is 11.9. The normalized spacial score (nSPS) is 44.2. The van der Waals surface area contributed by atoms with Crippen LogP contribution in [-0.2, 0) is 28.9 Å². The van der Waals surface area contributed by atoms with Crippen molar-refractivity contribution in [3.63, 3.8) is 0 Å². The van der Waals surface area contributed by atoms with Gasteiger partial charge in [-0.25, -0.2) is 0 Å². The minimum atomic E-state index is -1.07. The number of hydroxylamine groups is 3. The smallest absolute Gasteiger partial charge is 0.174 e. The summed E-state index contributed by atoms with van der Waals surface area (Å²) in [6.07, 6.45) is 6.01. The quantitative estimate of drug-likeness (QED) is 0.310. The summed E-state index contributed by atoms with van der Waals surface area (Å²) < 4.78 is 11.1. The second-order valence-corrected chi connectivity index (χ2v) is 7.81. The summed E-state index contributed by atoms with van der Waals surface area (Å²) in [7, 11) is 0. The van der Waals surface area contributed by atoms with Crippen molar-refractivity contribution < 1.29 is 39.6 Å².